The highest BCUT2D eigenvalue weighted by Gasteiger charge is 2.09. The Balaban J connectivity index is 2.87. The second-order valence-electron chi connectivity index (χ2n) is 5.01. The van der Waals surface area contributed by atoms with Gasteiger partial charge in [-0.2, -0.15) is 0 Å². The average Bonchev–Trinajstić information content (AvgIpc) is 2.29. The standard InChI is InChI=1S/C14H26N4/c1-6-8-12-17-13(15-7-2)9-14(18-12)16-11(5)10(3)4/h9-11H,6-8H2,1-5H3,(H2,15,16,17,18). The second kappa shape index (κ2) is 7.19. The van der Waals surface area contributed by atoms with Crippen molar-refractivity contribution in [2.45, 2.75) is 53.5 Å². The zero-order chi connectivity index (χ0) is 13.5. The van der Waals surface area contributed by atoms with Crippen molar-refractivity contribution in [1.82, 2.24) is 9.97 Å². The summed E-state index contributed by atoms with van der Waals surface area (Å²) in [5, 5.41) is 6.71. The molecule has 0 spiro atoms. The van der Waals surface area contributed by atoms with Gasteiger partial charge in [0.05, 0.1) is 0 Å². The van der Waals surface area contributed by atoms with Gasteiger partial charge in [-0.1, -0.05) is 20.8 Å². The largest absolute Gasteiger partial charge is 0.370 e. The van der Waals surface area contributed by atoms with E-state index in [2.05, 4.69) is 55.2 Å². The lowest BCUT2D eigenvalue weighted by Crippen LogP contribution is -2.22. The summed E-state index contributed by atoms with van der Waals surface area (Å²) in [4.78, 5) is 9.07. The molecule has 1 aromatic rings. The molecule has 0 aliphatic carbocycles. The molecular weight excluding hydrogens is 224 g/mol. The predicted octanol–water partition coefficient (Wildman–Crippen LogP) is 3.32. The number of hydrogen-bond acceptors (Lipinski definition) is 4. The lowest BCUT2D eigenvalue weighted by atomic mass is 10.1. The van der Waals surface area contributed by atoms with Crippen LogP contribution in [0.25, 0.3) is 0 Å². The molecule has 18 heavy (non-hydrogen) atoms. The summed E-state index contributed by atoms with van der Waals surface area (Å²) >= 11 is 0. The van der Waals surface area contributed by atoms with E-state index < -0.39 is 0 Å². The average molecular weight is 250 g/mol. The summed E-state index contributed by atoms with van der Waals surface area (Å²) < 4.78 is 0. The van der Waals surface area contributed by atoms with E-state index >= 15 is 0 Å². The third kappa shape index (κ3) is 4.51. The highest BCUT2D eigenvalue weighted by atomic mass is 15.1. The second-order valence-corrected chi connectivity index (χ2v) is 5.01. The molecule has 1 rings (SSSR count). The monoisotopic (exact) mass is 250 g/mol. The fraction of sp³-hybridized carbons (Fsp3) is 0.714. The Labute approximate surface area is 111 Å². The Hall–Kier alpha value is -1.32. The van der Waals surface area contributed by atoms with Crippen molar-refractivity contribution in [3.05, 3.63) is 11.9 Å². The van der Waals surface area contributed by atoms with E-state index in [0.29, 0.717) is 12.0 Å². The van der Waals surface area contributed by atoms with Gasteiger partial charge < -0.3 is 10.6 Å². The predicted molar refractivity (Wildman–Crippen MR) is 78.1 cm³/mol. The molecule has 102 valence electrons. The van der Waals surface area contributed by atoms with E-state index in [1.165, 1.54) is 0 Å². The van der Waals surface area contributed by atoms with Crippen LogP contribution < -0.4 is 10.6 Å². The summed E-state index contributed by atoms with van der Waals surface area (Å²) in [6, 6.07) is 2.39. The van der Waals surface area contributed by atoms with Crippen molar-refractivity contribution < 1.29 is 0 Å². The van der Waals surface area contributed by atoms with Gasteiger partial charge >= 0.3 is 0 Å². The van der Waals surface area contributed by atoms with Crippen LogP contribution in [0.4, 0.5) is 11.6 Å². The minimum absolute atomic E-state index is 0.406. The van der Waals surface area contributed by atoms with Crippen LogP contribution in [0, 0.1) is 5.92 Å². The molecule has 0 fully saturated rings. The number of hydrogen-bond donors (Lipinski definition) is 2. The molecule has 0 aromatic carbocycles. The Bertz CT molecular complexity index is 339. The van der Waals surface area contributed by atoms with Gasteiger partial charge in [0.2, 0.25) is 0 Å². The number of aromatic nitrogens is 2. The van der Waals surface area contributed by atoms with Gasteiger partial charge in [-0.25, -0.2) is 9.97 Å². The van der Waals surface area contributed by atoms with E-state index in [9.17, 15) is 0 Å². The Morgan fingerprint density at radius 2 is 1.78 bits per heavy atom. The zero-order valence-corrected chi connectivity index (χ0v) is 12.2. The van der Waals surface area contributed by atoms with E-state index in [4.69, 9.17) is 0 Å². The van der Waals surface area contributed by atoms with E-state index in [-0.39, 0.29) is 0 Å². The highest BCUT2D eigenvalue weighted by molar-refractivity contribution is 5.48. The quantitative estimate of drug-likeness (QED) is 0.779. The van der Waals surface area contributed by atoms with Crippen LogP contribution in [0.2, 0.25) is 0 Å². The minimum atomic E-state index is 0.406. The smallest absolute Gasteiger partial charge is 0.133 e. The van der Waals surface area contributed by atoms with E-state index in [1.54, 1.807) is 0 Å². The van der Waals surface area contributed by atoms with Crippen LogP contribution in [0.1, 0.15) is 46.9 Å². The van der Waals surface area contributed by atoms with Crippen molar-refractivity contribution >= 4 is 11.6 Å². The van der Waals surface area contributed by atoms with Gasteiger partial charge in [0.25, 0.3) is 0 Å². The van der Waals surface area contributed by atoms with Gasteiger partial charge in [-0.3, -0.25) is 0 Å². The topological polar surface area (TPSA) is 49.8 Å². The molecule has 0 aliphatic heterocycles. The van der Waals surface area contributed by atoms with Crippen molar-refractivity contribution in [3.63, 3.8) is 0 Å². The van der Waals surface area contributed by atoms with Crippen LogP contribution in [0.3, 0.4) is 0 Å². The maximum atomic E-state index is 4.57. The molecule has 4 nitrogen and oxygen atoms in total. The van der Waals surface area contributed by atoms with Gasteiger partial charge in [0, 0.05) is 25.1 Å². The number of nitrogens with zero attached hydrogens (tertiary/aromatic N) is 2. The van der Waals surface area contributed by atoms with Crippen molar-refractivity contribution in [1.29, 1.82) is 0 Å². The zero-order valence-electron chi connectivity index (χ0n) is 12.2. The van der Waals surface area contributed by atoms with Gasteiger partial charge in [-0.15, -0.1) is 0 Å². The molecule has 0 saturated carbocycles. The molecule has 0 radical (unpaired) electrons. The Morgan fingerprint density at radius 1 is 1.11 bits per heavy atom. The first-order valence-electron chi connectivity index (χ1n) is 6.95. The summed E-state index contributed by atoms with van der Waals surface area (Å²) in [6.45, 7) is 11.7. The van der Waals surface area contributed by atoms with Gasteiger partial charge in [0.15, 0.2) is 0 Å². The third-order valence-corrected chi connectivity index (χ3v) is 2.98. The van der Waals surface area contributed by atoms with Gasteiger partial charge in [0.1, 0.15) is 17.5 Å². The molecular formula is C14H26N4. The molecule has 1 unspecified atom stereocenters. The summed E-state index contributed by atoms with van der Waals surface area (Å²) in [5.41, 5.74) is 0. The van der Waals surface area contributed by atoms with Crippen LogP contribution >= 0.6 is 0 Å². The summed E-state index contributed by atoms with van der Waals surface area (Å²) in [6.07, 6.45) is 1.98. The van der Waals surface area contributed by atoms with E-state index in [0.717, 1.165) is 36.8 Å². The number of rotatable bonds is 7. The number of anilines is 2. The Morgan fingerprint density at radius 3 is 2.33 bits per heavy atom. The number of aryl methyl sites for hydroxylation is 1. The Kier molecular flexibility index (Phi) is 5.89. The lowest BCUT2D eigenvalue weighted by Gasteiger charge is -2.19. The molecule has 0 saturated heterocycles. The van der Waals surface area contributed by atoms with Gasteiger partial charge in [-0.05, 0) is 26.2 Å². The lowest BCUT2D eigenvalue weighted by molar-refractivity contribution is 0.558. The minimum Gasteiger partial charge on any atom is -0.370 e. The highest BCUT2D eigenvalue weighted by Crippen LogP contribution is 2.15. The summed E-state index contributed by atoms with van der Waals surface area (Å²) in [7, 11) is 0. The molecule has 0 aliphatic rings. The van der Waals surface area contributed by atoms with Crippen LogP contribution in [-0.2, 0) is 6.42 Å². The molecule has 1 aromatic heterocycles. The van der Waals surface area contributed by atoms with Crippen LogP contribution in [0.5, 0.6) is 0 Å². The first kappa shape index (κ1) is 14.7. The maximum Gasteiger partial charge on any atom is 0.133 e. The number of nitrogens with one attached hydrogen (secondary N) is 2. The fourth-order valence-corrected chi connectivity index (χ4v) is 1.58. The molecule has 0 bridgehead atoms. The van der Waals surface area contributed by atoms with Crippen molar-refractivity contribution in [2.24, 2.45) is 5.92 Å². The molecule has 2 N–H and O–H groups in total. The molecule has 1 heterocycles. The third-order valence-electron chi connectivity index (χ3n) is 2.98. The maximum absolute atomic E-state index is 4.57. The SMILES string of the molecule is CCCc1nc(NCC)cc(NC(C)C(C)C)n1. The normalized spacial score (nSPS) is 12.6. The summed E-state index contributed by atoms with van der Waals surface area (Å²) in [5.74, 6) is 3.33. The van der Waals surface area contributed by atoms with E-state index in [1.807, 2.05) is 6.07 Å². The van der Waals surface area contributed by atoms with Crippen LogP contribution in [0.15, 0.2) is 6.07 Å². The fourth-order valence-electron chi connectivity index (χ4n) is 1.58. The molecule has 4 heteroatoms. The first-order chi connectivity index (χ1) is 8.56. The van der Waals surface area contributed by atoms with Crippen molar-refractivity contribution in [3.8, 4) is 0 Å². The first-order valence-corrected chi connectivity index (χ1v) is 6.95. The molecule has 1 atom stereocenters. The van der Waals surface area contributed by atoms with Crippen molar-refractivity contribution in [2.75, 3.05) is 17.2 Å². The molecule has 0 amide bonds. The van der Waals surface area contributed by atoms with Crippen LogP contribution in [-0.4, -0.2) is 22.6 Å².